The second-order valence-corrected chi connectivity index (χ2v) is 4.67. The van der Waals surface area contributed by atoms with Gasteiger partial charge in [0.25, 0.3) is 0 Å². The number of nitrogens with zero attached hydrogens (tertiary/aromatic N) is 2. The smallest absolute Gasteiger partial charge is 0.294 e. The van der Waals surface area contributed by atoms with Gasteiger partial charge in [-0.05, 0) is 24.8 Å². The third kappa shape index (κ3) is 3.88. The summed E-state index contributed by atoms with van der Waals surface area (Å²) in [6.45, 7) is 0.337. The second-order valence-electron chi connectivity index (χ2n) is 4.67. The highest BCUT2D eigenvalue weighted by Crippen LogP contribution is 2.06. The van der Waals surface area contributed by atoms with Crippen molar-refractivity contribution < 1.29 is 4.92 Å². The molecule has 0 spiro atoms. The normalized spacial score (nSPS) is 10.5. The van der Waals surface area contributed by atoms with Crippen molar-refractivity contribution in [2.24, 2.45) is 0 Å². The van der Waals surface area contributed by atoms with E-state index in [-0.39, 0.29) is 0 Å². The third-order valence-corrected chi connectivity index (χ3v) is 3.15. The molecule has 7 nitrogen and oxygen atoms in total. The van der Waals surface area contributed by atoms with Gasteiger partial charge in [0.1, 0.15) is 0 Å². The van der Waals surface area contributed by atoms with E-state index in [1.165, 1.54) is 10.1 Å². The number of aromatic amines is 1. The molecule has 0 saturated heterocycles. The van der Waals surface area contributed by atoms with Gasteiger partial charge in [-0.3, -0.25) is 24.5 Å². The Bertz CT molecular complexity index is 734. The molecule has 1 N–H and O–H groups in total. The molecule has 0 aliphatic rings. The molecule has 0 fully saturated rings. The standard InChI is InChI=1S/C14H15N3O4/c18-13-12(17(20)21)10-16(14(19)15-13)9-5-4-8-11-6-2-1-3-7-11/h1-3,6-7,10H,4-5,8-9H2,(H,15,18,19). The van der Waals surface area contributed by atoms with Crippen LogP contribution in [0.2, 0.25) is 0 Å². The van der Waals surface area contributed by atoms with E-state index >= 15 is 0 Å². The van der Waals surface area contributed by atoms with Crippen molar-refractivity contribution in [3.63, 3.8) is 0 Å². The monoisotopic (exact) mass is 289 g/mol. The van der Waals surface area contributed by atoms with Crippen LogP contribution in [0.15, 0.2) is 46.1 Å². The highest BCUT2D eigenvalue weighted by Gasteiger charge is 2.14. The van der Waals surface area contributed by atoms with E-state index in [0.717, 1.165) is 19.0 Å². The maximum atomic E-state index is 11.6. The highest BCUT2D eigenvalue weighted by molar-refractivity contribution is 5.20. The summed E-state index contributed by atoms with van der Waals surface area (Å²) in [5.74, 6) is 0. The number of rotatable bonds is 6. The van der Waals surface area contributed by atoms with Crippen molar-refractivity contribution in [3.8, 4) is 0 Å². The van der Waals surface area contributed by atoms with Crippen molar-refractivity contribution in [3.05, 3.63) is 73.0 Å². The third-order valence-electron chi connectivity index (χ3n) is 3.15. The van der Waals surface area contributed by atoms with Crippen molar-refractivity contribution in [1.29, 1.82) is 0 Å². The first-order valence-electron chi connectivity index (χ1n) is 6.60. The number of aromatic nitrogens is 2. The van der Waals surface area contributed by atoms with Crippen molar-refractivity contribution in [2.75, 3.05) is 0 Å². The lowest BCUT2D eigenvalue weighted by Gasteiger charge is -2.05. The van der Waals surface area contributed by atoms with Crippen molar-refractivity contribution in [1.82, 2.24) is 9.55 Å². The first kappa shape index (κ1) is 14.7. The van der Waals surface area contributed by atoms with Crippen LogP contribution in [0.3, 0.4) is 0 Å². The summed E-state index contributed by atoms with van der Waals surface area (Å²) in [5, 5.41) is 10.7. The zero-order chi connectivity index (χ0) is 15.2. The summed E-state index contributed by atoms with van der Waals surface area (Å²) >= 11 is 0. The van der Waals surface area contributed by atoms with Gasteiger partial charge in [-0.25, -0.2) is 4.79 Å². The largest absolute Gasteiger partial charge is 0.350 e. The number of nitrogens with one attached hydrogen (secondary N) is 1. The van der Waals surface area contributed by atoms with Crippen molar-refractivity contribution >= 4 is 5.69 Å². The van der Waals surface area contributed by atoms with Gasteiger partial charge < -0.3 is 0 Å². The molecule has 1 aromatic heterocycles. The average Bonchev–Trinajstić information content (AvgIpc) is 2.46. The van der Waals surface area contributed by atoms with Crippen LogP contribution in [0.4, 0.5) is 5.69 Å². The molecule has 21 heavy (non-hydrogen) atoms. The van der Waals surface area contributed by atoms with Gasteiger partial charge in [-0.15, -0.1) is 0 Å². The summed E-state index contributed by atoms with van der Waals surface area (Å²) in [6, 6.07) is 9.92. The van der Waals surface area contributed by atoms with E-state index in [2.05, 4.69) is 0 Å². The zero-order valence-electron chi connectivity index (χ0n) is 11.3. The number of H-pyrrole nitrogens is 1. The summed E-state index contributed by atoms with van der Waals surface area (Å²) in [5.41, 5.74) is -0.995. The van der Waals surface area contributed by atoms with Gasteiger partial charge in [-0.1, -0.05) is 30.3 Å². The molecule has 0 bridgehead atoms. The van der Waals surface area contributed by atoms with Crippen LogP contribution in [-0.4, -0.2) is 14.5 Å². The molecule has 2 aromatic rings. The van der Waals surface area contributed by atoms with E-state index in [1.54, 1.807) is 0 Å². The van der Waals surface area contributed by atoms with Crippen LogP contribution in [0.5, 0.6) is 0 Å². The fourth-order valence-electron chi connectivity index (χ4n) is 2.05. The Labute approximate surface area is 120 Å². The Morgan fingerprint density at radius 2 is 1.86 bits per heavy atom. The van der Waals surface area contributed by atoms with Crippen LogP contribution in [0, 0.1) is 10.1 Å². The fraction of sp³-hybridized carbons (Fsp3) is 0.286. The fourth-order valence-corrected chi connectivity index (χ4v) is 2.05. The Morgan fingerprint density at radius 1 is 1.14 bits per heavy atom. The zero-order valence-corrected chi connectivity index (χ0v) is 11.3. The Kier molecular flexibility index (Phi) is 4.65. The maximum absolute atomic E-state index is 11.6. The number of hydrogen-bond donors (Lipinski definition) is 1. The number of hydrogen-bond acceptors (Lipinski definition) is 4. The molecule has 0 saturated carbocycles. The van der Waals surface area contributed by atoms with Crippen LogP contribution >= 0.6 is 0 Å². The molecule has 0 radical (unpaired) electrons. The minimum Gasteiger partial charge on any atom is -0.294 e. The summed E-state index contributed by atoms with van der Waals surface area (Å²) < 4.78 is 1.17. The molecule has 7 heteroatoms. The predicted octanol–water partition coefficient (Wildman–Crippen LogP) is 1.47. The van der Waals surface area contributed by atoms with E-state index in [1.807, 2.05) is 35.3 Å². The minimum absolute atomic E-state index is 0.337. The highest BCUT2D eigenvalue weighted by atomic mass is 16.6. The van der Waals surface area contributed by atoms with E-state index in [9.17, 15) is 19.7 Å². The van der Waals surface area contributed by atoms with Crippen LogP contribution in [-0.2, 0) is 13.0 Å². The van der Waals surface area contributed by atoms with Gasteiger partial charge >= 0.3 is 16.9 Å². The molecule has 1 aromatic carbocycles. The number of nitro groups is 1. The molecular weight excluding hydrogens is 274 g/mol. The Balaban J connectivity index is 1.97. The molecule has 0 aliphatic heterocycles. The molecule has 110 valence electrons. The first-order chi connectivity index (χ1) is 10.1. The van der Waals surface area contributed by atoms with E-state index in [0.29, 0.717) is 13.0 Å². The van der Waals surface area contributed by atoms with Crippen LogP contribution in [0.1, 0.15) is 18.4 Å². The average molecular weight is 289 g/mol. The lowest BCUT2D eigenvalue weighted by Crippen LogP contribution is -2.30. The summed E-state index contributed by atoms with van der Waals surface area (Å²) in [7, 11) is 0. The van der Waals surface area contributed by atoms with Gasteiger partial charge in [0, 0.05) is 6.54 Å². The first-order valence-corrected chi connectivity index (χ1v) is 6.60. The molecule has 0 aliphatic carbocycles. The quantitative estimate of drug-likeness (QED) is 0.494. The van der Waals surface area contributed by atoms with E-state index < -0.39 is 21.9 Å². The number of aryl methyl sites for hydroxylation is 2. The predicted molar refractivity (Wildman–Crippen MR) is 77.4 cm³/mol. The lowest BCUT2D eigenvalue weighted by molar-refractivity contribution is -0.386. The van der Waals surface area contributed by atoms with Gasteiger partial charge in [-0.2, -0.15) is 0 Å². The molecular formula is C14H15N3O4. The number of benzene rings is 1. The molecule has 2 rings (SSSR count). The Morgan fingerprint density at radius 3 is 2.52 bits per heavy atom. The van der Waals surface area contributed by atoms with Gasteiger partial charge in [0.15, 0.2) is 0 Å². The Hall–Kier alpha value is -2.70. The summed E-state index contributed by atoms with van der Waals surface area (Å²) in [6.07, 6.45) is 3.42. The van der Waals surface area contributed by atoms with Gasteiger partial charge in [0.05, 0.1) is 11.1 Å². The minimum atomic E-state index is -0.967. The molecule has 0 unspecified atom stereocenters. The van der Waals surface area contributed by atoms with Crippen LogP contribution in [0.25, 0.3) is 0 Å². The maximum Gasteiger partial charge on any atom is 0.350 e. The molecule has 0 amide bonds. The van der Waals surface area contributed by atoms with Crippen LogP contribution < -0.4 is 11.2 Å². The van der Waals surface area contributed by atoms with E-state index in [4.69, 9.17) is 0 Å². The molecule has 1 heterocycles. The molecule has 0 atom stereocenters. The second kappa shape index (κ2) is 6.65. The topological polar surface area (TPSA) is 98.0 Å². The summed E-state index contributed by atoms with van der Waals surface area (Å²) in [4.78, 5) is 34.6. The number of unbranched alkanes of at least 4 members (excludes halogenated alkanes) is 1. The van der Waals surface area contributed by atoms with Gasteiger partial charge in [0.2, 0.25) is 0 Å². The van der Waals surface area contributed by atoms with Crippen molar-refractivity contribution in [2.45, 2.75) is 25.8 Å². The SMILES string of the molecule is O=c1[nH]c(=O)n(CCCCc2ccccc2)cc1[N+](=O)[O-]. The lowest BCUT2D eigenvalue weighted by atomic mass is 10.1.